The Kier molecular flexibility index (Phi) is 2.67. The van der Waals surface area contributed by atoms with Gasteiger partial charge in [-0.1, -0.05) is 29.8 Å². The van der Waals surface area contributed by atoms with E-state index in [1.165, 1.54) is 16.8 Å². The quantitative estimate of drug-likeness (QED) is 0.750. The number of nitrogens with one attached hydrogen (secondary N) is 1. The van der Waals surface area contributed by atoms with Crippen molar-refractivity contribution in [2.75, 3.05) is 5.33 Å². The van der Waals surface area contributed by atoms with E-state index in [0.717, 1.165) is 5.33 Å². The number of halogens is 1. The number of hydrogen-bond acceptors (Lipinski definition) is 0. The molecule has 0 aliphatic heterocycles. The number of aromatic nitrogens is 1. The summed E-state index contributed by atoms with van der Waals surface area (Å²) in [4.78, 5) is 3.26. The molecule has 1 nitrogen and oxygen atoms in total. The first-order valence-corrected chi connectivity index (χ1v) is 5.32. The summed E-state index contributed by atoms with van der Waals surface area (Å²) in [5.74, 6) is 0. The number of aryl methyl sites for hydroxylation is 2. The molecule has 0 saturated carbocycles. The summed E-state index contributed by atoms with van der Waals surface area (Å²) in [5, 5.41) is 1.000. The second kappa shape index (κ2) is 3.25. The van der Waals surface area contributed by atoms with Crippen molar-refractivity contribution in [3.63, 3.8) is 0 Å². The second-order valence-electron chi connectivity index (χ2n) is 3.99. The van der Waals surface area contributed by atoms with Crippen LogP contribution in [0.4, 0.5) is 0 Å². The lowest BCUT2D eigenvalue weighted by molar-refractivity contribution is 0.599. The zero-order valence-electron chi connectivity index (χ0n) is 8.16. The molecule has 1 aromatic heterocycles. The molecule has 0 spiro atoms. The molecule has 2 heteroatoms. The zero-order valence-corrected chi connectivity index (χ0v) is 9.75. The maximum atomic E-state index is 3.55. The SMILES string of the molecule is Cc1c[nH]c(C)c1C(C)(C)CBr. The molecule has 0 aromatic carbocycles. The molecule has 0 fully saturated rings. The minimum absolute atomic E-state index is 0.230. The monoisotopic (exact) mass is 229 g/mol. The number of aromatic amines is 1. The van der Waals surface area contributed by atoms with Gasteiger partial charge in [0.2, 0.25) is 0 Å². The van der Waals surface area contributed by atoms with E-state index in [4.69, 9.17) is 0 Å². The first-order chi connectivity index (χ1) is 5.49. The van der Waals surface area contributed by atoms with Crippen molar-refractivity contribution in [3.8, 4) is 0 Å². The van der Waals surface area contributed by atoms with Gasteiger partial charge in [-0.05, 0) is 25.0 Å². The van der Waals surface area contributed by atoms with Crippen molar-refractivity contribution in [1.82, 2.24) is 4.98 Å². The fourth-order valence-electron chi connectivity index (χ4n) is 1.76. The van der Waals surface area contributed by atoms with Crippen LogP contribution in [0.15, 0.2) is 6.20 Å². The summed E-state index contributed by atoms with van der Waals surface area (Å²) < 4.78 is 0. The van der Waals surface area contributed by atoms with E-state index >= 15 is 0 Å². The Morgan fingerprint density at radius 3 is 2.33 bits per heavy atom. The van der Waals surface area contributed by atoms with E-state index in [0.29, 0.717) is 0 Å². The van der Waals surface area contributed by atoms with Crippen LogP contribution in [0.1, 0.15) is 30.7 Å². The Hall–Kier alpha value is -0.240. The fourth-order valence-corrected chi connectivity index (χ4v) is 2.05. The van der Waals surface area contributed by atoms with Gasteiger partial charge in [0.25, 0.3) is 0 Å². The summed E-state index contributed by atoms with van der Waals surface area (Å²) >= 11 is 3.55. The Morgan fingerprint density at radius 1 is 1.42 bits per heavy atom. The molecule has 12 heavy (non-hydrogen) atoms. The van der Waals surface area contributed by atoms with Crippen molar-refractivity contribution in [2.45, 2.75) is 33.1 Å². The number of hydrogen-bond donors (Lipinski definition) is 1. The highest BCUT2D eigenvalue weighted by molar-refractivity contribution is 9.09. The summed E-state index contributed by atoms with van der Waals surface area (Å²) in [5.41, 5.74) is 4.32. The van der Waals surface area contributed by atoms with Crippen LogP contribution in [0.3, 0.4) is 0 Å². The molecule has 0 radical (unpaired) electrons. The van der Waals surface area contributed by atoms with Crippen LogP contribution in [-0.2, 0) is 5.41 Å². The molecule has 0 atom stereocenters. The van der Waals surface area contributed by atoms with Gasteiger partial charge in [0.05, 0.1) is 0 Å². The number of H-pyrrole nitrogens is 1. The van der Waals surface area contributed by atoms with Crippen molar-refractivity contribution in [2.24, 2.45) is 0 Å². The lowest BCUT2D eigenvalue weighted by atomic mass is 9.85. The maximum Gasteiger partial charge on any atom is 0.0156 e. The lowest BCUT2D eigenvalue weighted by Crippen LogP contribution is -2.20. The van der Waals surface area contributed by atoms with Crippen LogP contribution in [0.2, 0.25) is 0 Å². The molecule has 68 valence electrons. The molecule has 0 bridgehead atoms. The highest BCUT2D eigenvalue weighted by Gasteiger charge is 2.23. The topological polar surface area (TPSA) is 15.8 Å². The smallest absolute Gasteiger partial charge is 0.0156 e. The molecule has 0 aliphatic rings. The van der Waals surface area contributed by atoms with E-state index < -0.39 is 0 Å². The highest BCUT2D eigenvalue weighted by atomic mass is 79.9. The minimum atomic E-state index is 0.230. The van der Waals surface area contributed by atoms with Gasteiger partial charge in [-0.25, -0.2) is 0 Å². The summed E-state index contributed by atoms with van der Waals surface area (Å²) in [6, 6.07) is 0. The Morgan fingerprint density at radius 2 is 2.00 bits per heavy atom. The van der Waals surface area contributed by atoms with E-state index in [1.807, 2.05) is 0 Å². The average Bonchev–Trinajstić information content (AvgIpc) is 2.31. The third kappa shape index (κ3) is 1.58. The highest BCUT2D eigenvalue weighted by Crippen LogP contribution is 2.30. The van der Waals surface area contributed by atoms with E-state index in [2.05, 4.69) is 54.8 Å². The summed E-state index contributed by atoms with van der Waals surface area (Å²) in [6.07, 6.45) is 2.08. The molecular weight excluding hydrogens is 214 g/mol. The van der Waals surface area contributed by atoms with E-state index in [1.54, 1.807) is 0 Å². The largest absolute Gasteiger partial charge is 0.365 e. The normalized spacial score (nSPS) is 12.1. The van der Waals surface area contributed by atoms with Crippen LogP contribution in [0.25, 0.3) is 0 Å². The lowest BCUT2D eigenvalue weighted by Gasteiger charge is -2.23. The molecule has 1 rings (SSSR count). The van der Waals surface area contributed by atoms with Crippen LogP contribution >= 0.6 is 15.9 Å². The first kappa shape index (κ1) is 9.85. The number of rotatable bonds is 2. The van der Waals surface area contributed by atoms with Crippen molar-refractivity contribution >= 4 is 15.9 Å². The number of alkyl halides is 1. The summed E-state index contributed by atoms with van der Waals surface area (Å²) in [6.45, 7) is 8.80. The van der Waals surface area contributed by atoms with E-state index in [9.17, 15) is 0 Å². The Labute approximate surface area is 82.7 Å². The molecule has 1 heterocycles. The molecular formula is C10H16BrN. The first-order valence-electron chi connectivity index (χ1n) is 4.20. The predicted molar refractivity (Wildman–Crippen MR) is 57.1 cm³/mol. The van der Waals surface area contributed by atoms with Gasteiger partial charge in [-0.3, -0.25) is 0 Å². The van der Waals surface area contributed by atoms with Gasteiger partial charge in [0.15, 0.2) is 0 Å². The van der Waals surface area contributed by atoms with Crippen LogP contribution < -0.4 is 0 Å². The van der Waals surface area contributed by atoms with E-state index in [-0.39, 0.29) is 5.41 Å². The third-order valence-electron chi connectivity index (χ3n) is 2.29. The Bertz CT molecular complexity index is 254. The van der Waals surface area contributed by atoms with Gasteiger partial charge < -0.3 is 4.98 Å². The standard InChI is InChI=1S/C10H16BrN/c1-7-5-12-8(2)9(7)10(3,4)6-11/h5,12H,6H2,1-4H3. The molecule has 0 saturated heterocycles. The van der Waals surface area contributed by atoms with Gasteiger partial charge in [0, 0.05) is 22.6 Å². The molecule has 1 aromatic rings. The van der Waals surface area contributed by atoms with Crippen LogP contribution in [-0.4, -0.2) is 10.3 Å². The van der Waals surface area contributed by atoms with Gasteiger partial charge >= 0.3 is 0 Å². The van der Waals surface area contributed by atoms with Crippen LogP contribution in [0.5, 0.6) is 0 Å². The molecule has 0 aliphatic carbocycles. The van der Waals surface area contributed by atoms with Gasteiger partial charge in [-0.15, -0.1) is 0 Å². The van der Waals surface area contributed by atoms with Crippen LogP contribution in [0, 0.1) is 13.8 Å². The predicted octanol–water partition coefficient (Wildman–Crippen LogP) is 3.30. The maximum absolute atomic E-state index is 3.55. The zero-order chi connectivity index (χ0) is 9.35. The van der Waals surface area contributed by atoms with Crippen molar-refractivity contribution < 1.29 is 0 Å². The fraction of sp³-hybridized carbons (Fsp3) is 0.600. The minimum Gasteiger partial charge on any atom is -0.365 e. The van der Waals surface area contributed by atoms with Gasteiger partial charge in [0.1, 0.15) is 0 Å². The average molecular weight is 230 g/mol. The molecule has 0 amide bonds. The molecule has 1 N–H and O–H groups in total. The molecule has 0 unspecified atom stereocenters. The van der Waals surface area contributed by atoms with Crippen molar-refractivity contribution in [1.29, 1.82) is 0 Å². The second-order valence-corrected chi connectivity index (χ2v) is 4.55. The van der Waals surface area contributed by atoms with Crippen molar-refractivity contribution in [3.05, 3.63) is 23.0 Å². The summed E-state index contributed by atoms with van der Waals surface area (Å²) in [7, 11) is 0. The third-order valence-corrected chi connectivity index (χ3v) is 3.69. The Balaban J connectivity index is 3.17. The van der Waals surface area contributed by atoms with Gasteiger partial charge in [-0.2, -0.15) is 0 Å².